The summed E-state index contributed by atoms with van der Waals surface area (Å²) >= 11 is 1.86. The maximum Gasteiger partial charge on any atom is 0.341 e. The van der Waals surface area contributed by atoms with Gasteiger partial charge in [-0.2, -0.15) is 16.9 Å². The molecule has 0 fully saturated rings. The Balaban J connectivity index is 2.49. The highest BCUT2D eigenvalue weighted by Crippen LogP contribution is 2.18. The Hall–Kier alpha value is -1.17. The second kappa shape index (κ2) is 7.31. The van der Waals surface area contributed by atoms with Gasteiger partial charge < -0.3 is 10.4 Å². The molecule has 1 aromatic heterocycles. The summed E-state index contributed by atoms with van der Waals surface area (Å²) in [6.45, 7) is 2.50. The van der Waals surface area contributed by atoms with E-state index in [1.807, 2.05) is 11.8 Å². The zero-order valence-corrected chi connectivity index (χ0v) is 12.0. The van der Waals surface area contributed by atoms with Crippen LogP contribution < -0.4 is 5.32 Å². The Morgan fingerprint density at radius 1 is 1.44 bits per heavy atom. The summed E-state index contributed by atoms with van der Waals surface area (Å²) in [6, 6.07) is 0. The highest BCUT2D eigenvalue weighted by Gasteiger charge is 2.18. The number of hydrogen-bond acceptors (Lipinski definition) is 4. The fourth-order valence-electron chi connectivity index (χ4n) is 1.87. The average molecular weight is 271 g/mol. The van der Waals surface area contributed by atoms with Crippen LogP contribution in [0.15, 0.2) is 0 Å². The van der Waals surface area contributed by atoms with Crippen molar-refractivity contribution in [3.8, 4) is 0 Å². The van der Waals surface area contributed by atoms with E-state index in [4.69, 9.17) is 5.11 Å². The Morgan fingerprint density at radius 2 is 2.17 bits per heavy atom. The number of carboxylic acid groups (broad SMARTS) is 1. The highest BCUT2D eigenvalue weighted by molar-refractivity contribution is 7.98. The number of thioether (sulfide) groups is 1. The summed E-state index contributed by atoms with van der Waals surface area (Å²) in [7, 11) is 1.76. The molecule has 2 N–H and O–H groups in total. The number of aromatic carboxylic acids is 1. The predicted octanol–water partition coefficient (Wildman–Crippen LogP) is 2.37. The van der Waals surface area contributed by atoms with Crippen LogP contribution in [0, 0.1) is 6.92 Å². The lowest BCUT2D eigenvalue weighted by Gasteiger charge is -2.07. The number of carbonyl (C=O) groups is 1. The van der Waals surface area contributed by atoms with Crippen LogP contribution in [-0.2, 0) is 7.05 Å². The Morgan fingerprint density at radius 3 is 2.78 bits per heavy atom. The first-order chi connectivity index (χ1) is 8.57. The lowest BCUT2D eigenvalue weighted by molar-refractivity contribution is 0.0697. The largest absolute Gasteiger partial charge is 0.477 e. The summed E-state index contributed by atoms with van der Waals surface area (Å²) in [5, 5.41) is 16.4. The molecule has 0 saturated carbocycles. The quantitative estimate of drug-likeness (QED) is 0.711. The number of hydrogen-bond donors (Lipinski definition) is 2. The molecule has 1 rings (SSSR count). The average Bonchev–Trinajstić information content (AvgIpc) is 2.58. The molecular formula is C12H21N3O2S. The fraction of sp³-hybridized carbons (Fsp3) is 0.667. The van der Waals surface area contributed by atoms with Crippen LogP contribution in [0.3, 0.4) is 0 Å². The summed E-state index contributed by atoms with van der Waals surface area (Å²) in [4.78, 5) is 11.1. The van der Waals surface area contributed by atoms with Crippen molar-refractivity contribution < 1.29 is 9.90 Å². The van der Waals surface area contributed by atoms with Crippen molar-refractivity contribution in [2.75, 3.05) is 23.9 Å². The van der Waals surface area contributed by atoms with Crippen molar-refractivity contribution in [2.45, 2.75) is 26.2 Å². The van der Waals surface area contributed by atoms with Crippen LogP contribution in [0.5, 0.6) is 0 Å². The van der Waals surface area contributed by atoms with Gasteiger partial charge in [0.2, 0.25) is 0 Å². The second-order valence-electron chi connectivity index (χ2n) is 4.22. The number of aromatic nitrogens is 2. The molecule has 0 radical (unpaired) electrons. The summed E-state index contributed by atoms with van der Waals surface area (Å²) in [6.07, 6.45) is 5.52. The molecule has 0 atom stereocenters. The van der Waals surface area contributed by atoms with E-state index in [2.05, 4.69) is 16.7 Å². The van der Waals surface area contributed by atoms with Crippen LogP contribution in [0.1, 0.15) is 35.3 Å². The molecule has 0 aromatic carbocycles. The van der Waals surface area contributed by atoms with Crippen LogP contribution in [0.2, 0.25) is 0 Å². The van der Waals surface area contributed by atoms with Gasteiger partial charge >= 0.3 is 5.97 Å². The highest BCUT2D eigenvalue weighted by atomic mass is 32.2. The first-order valence-electron chi connectivity index (χ1n) is 6.07. The van der Waals surface area contributed by atoms with E-state index >= 15 is 0 Å². The fourth-order valence-corrected chi connectivity index (χ4v) is 2.36. The zero-order chi connectivity index (χ0) is 13.5. The third-order valence-corrected chi connectivity index (χ3v) is 3.45. The molecule has 1 heterocycles. The van der Waals surface area contributed by atoms with Crippen LogP contribution >= 0.6 is 11.8 Å². The van der Waals surface area contributed by atoms with Gasteiger partial charge in [-0.3, -0.25) is 4.68 Å². The molecule has 0 spiro atoms. The molecule has 0 aliphatic rings. The Labute approximate surface area is 112 Å². The molecule has 0 saturated heterocycles. The van der Waals surface area contributed by atoms with Crippen LogP contribution in [-0.4, -0.2) is 39.4 Å². The van der Waals surface area contributed by atoms with Crippen molar-refractivity contribution in [3.05, 3.63) is 11.3 Å². The lowest BCUT2D eigenvalue weighted by atomic mass is 10.2. The number of anilines is 1. The van der Waals surface area contributed by atoms with Crippen molar-refractivity contribution in [2.24, 2.45) is 7.05 Å². The molecule has 0 aliphatic heterocycles. The minimum absolute atomic E-state index is 0.279. The monoisotopic (exact) mass is 271 g/mol. The van der Waals surface area contributed by atoms with Crippen molar-refractivity contribution in [1.29, 1.82) is 0 Å². The maximum absolute atomic E-state index is 11.1. The first-order valence-corrected chi connectivity index (χ1v) is 7.47. The van der Waals surface area contributed by atoms with E-state index in [9.17, 15) is 4.79 Å². The number of unbranched alkanes of at least 4 members (excludes halogenated alkanes) is 2. The maximum atomic E-state index is 11.1. The molecule has 6 heteroatoms. The summed E-state index contributed by atoms with van der Waals surface area (Å²) in [5.41, 5.74) is 0.830. The van der Waals surface area contributed by atoms with Gasteiger partial charge in [-0.15, -0.1) is 0 Å². The molecule has 0 unspecified atom stereocenters. The van der Waals surface area contributed by atoms with E-state index in [1.165, 1.54) is 12.2 Å². The minimum atomic E-state index is -0.925. The lowest BCUT2D eigenvalue weighted by Crippen LogP contribution is -2.10. The van der Waals surface area contributed by atoms with Gasteiger partial charge in [0.1, 0.15) is 11.4 Å². The smallest absolute Gasteiger partial charge is 0.341 e. The van der Waals surface area contributed by atoms with Crippen molar-refractivity contribution in [1.82, 2.24) is 9.78 Å². The molecule has 5 nitrogen and oxygen atoms in total. The Bertz CT molecular complexity index is 404. The zero-order valence-electron chi connectivity index (χ0n) is 11.2. The number of nitrogens with zero attached hydrogens (tertiary/aromatic N) is 2. The van der Waals surface area contributed by atoms with Gasteiger partial charge in [0.25, 0.3) is 0 Å². The van der Waals surface area contributed by atoms with Gasteiger partial charge in [-0.05, 0) is 31.8 Å². The topological polar surface area (TPSA) is 67.2 Å². The molecule has 0 bridgehead atoms. The van der Waals surface area contributed by atoms with Crippen LogP contribution in [0.25, 0.3) is 0 Å². The van der Waals surface area contributed by atoms with Crippen molar-refractivity contribution in [3.63, 3.8) is 0 Å². The minimum Gasteiger partial charge on any atom is -0.477 e. The number of rotatable bonds is 8. The van der Waals surface area contributed by atoms with E-state index in [-0.39, 0.29) is 5.56 Å². The normalized spacial score (nSPS) is 10.6. The predicted molar refractivity (Wildman–Crippen MR) is 75.6 cm³/mol. The third kappa shape index (κ3) is 3.94. The number of nitrogens with one attached hydrogen (secondary N) is 1. The van der Waals surface area contributed by atoms with Gasteiger partial charge in [0.15, 0.2) is 0 Å². The van der Waals surface area contributed by atoms with E-state index < -0.39 is 5.97 Å². The standard InChI is InChI=1S/C12H21N3O2S/c1-9-10(12(16)17)11(15(2)14-9)13-7-5-4-6-8-18-3/h13H,4-8H2,1-3H3,(H,16,17). The SMILES string of the molecule is CSCCCCCNc1c(C(=O)O)c(C)nn1C. The van der Waals surface area contributed by atoms with Gasteiger partial charge in [0, 0.05) is 13.6 Å². The number of carboxylic acids is 1. The van der Waals surface area contributed by atoms with Gasteiger partial charge in [-0.1, -0.05) is 6.42 Å². The van der Waals surface area contributed by atoms with E-state index in [0.717, 1.165) is 19.4 Å². The van der Waals surface area contributed by atoms with E-state index in [0.29, 0.717) is 11.5 Å². The van der Waals surface area contributed by atoms with Crippen molar-refractivity contribution >= 4 is 23.5 Å². The first kappa shape index (κ1) is 14.9. The molecule has 0 amide bonds. The molecule has 1 aromatic rings. The molecule has 102 valence electrons. The summed E-state index contributed by atoms with van der Waals surface area (Å²) < 4.78 is 1.60. The van der Waals surface area contributed by atoms with Gasteiger partial charge in [0.05, 0.1) is 5.69 Å². The third-order valence-electron chi connectivity index (χ3n) is 2.75. The second-order valence-corrected chi connectivity index (χ2v) is 5.20. The van der Waals surface area contributed by atoms with Crippen LogP contribution in [0.4, 0.5) is 5.82 Å². The molecule has 0 aliphatic carbocycles. The number of aryl methyl sites for hydroxylation is 2. The molecule has 18 heavy (non-hydrogen) atoms. The van der Waals surface area contributed by atoms with Gasteiger partial charge in [-0.25, -0.2) is 4.79 Å². The molecular weight excluding hydrogens is 250 g/mol. The summed E-state index contributed by atoms with van der Waals surface area (Å²) in [5.74, 6) is 0.862. The Kier molecular flexibility index (Phi) is 6.04. The van der Waals surface area contributed by atoms with E-state index in [1.54, 1.807) is 18.7 Å².